The second kappa shape index (κ2) is 2.93. The highest BCUT2D eigenvalue weighted by Gasteiger charge is 2.52. The van der Waals surface area contributed by atoms with Gasteiger partial charge in [0.05, 0.1) is 13.1 Å². The molecule has 0 spiro atoms. The molecule has 0 aromatic carbocycles. The number of carbonyl (C=O) groups excluding carboxylic acids is 1. The van der Waals surface area contributed by atoms with Crippen molar-refractivity contribution in [3.05, 3.63) is 0 Å². The van der Waals surface area contributed by atoms with Gasteiger partial charge in [-0.05, 0) is 12.8 Å². The second-order valence-electron chi connectivity index (χ2n) is 4.05. The van der Waals surface area contributed by atoms with E-state index in [1.807, 2.05) is 0 Å². The molecule has 1 N–H and O–H groups in total. The fraction of sp³-hybridized carbons (Fsp3) is 0.750. The van der Waals surface area contributed by atoms with Gasteiger partial charge >= 0.3 is 11.9 Å². The maximum atomic E-state index is 11.1. The van der Waals surface area contributed by atoms with Gasteiger partial charge in [-0.2, -0.15) is 4.59 Å². The van der Waals surface area contributed by atoms with Gasteiger partial charge in [0, 0.05) is 5.17 Å². The molecular weight excluding hydrogens is 188 g/mol. The number of carbonyl (C=O) groups is 2. The molecule has 0 amide bonds. The molecular formula is C8H13N2O4+. The van der Waals surface area contributed by atoms with Gasteiger partial charge in [0.25, 0.3) is 0 Å². The second-order valence-corrected chi connectivity index (χ2v) is 4.05. The number of hydrogen-bond donors (Lipinski definition) is 1. The highest BCUT2D eigenvalue weighted by atomic mass is 16.8. The van der Waals surface area contributed by atoms with E-state index in [1.54, 1.807) is 7.05 Å². The van der Waals surface area contributed by atoms with Gasteiger partial charge in [0.2, 0.25) is 0 Å². The van der Waals surface area contributed by atoms with Crippen LogP contribution in [0.5, 0.6) is 0 Å². The maximum absolute atomic E-state index is 11.1. The molecule has 2 rings (SSSR count). The molecule has 1 unspecified atom stereocenters. The van der Waals surface area contributed by atoms with Gasteiger partial charge in [0.15, 0.2) is 13.1 Å². The highest BCUT2D eigenvalue weighted by molar-refractivity contribution is 5.72. The van der Waals surface area contributed by atoms with Crippen molar-refractivity contribution in [1.29, 1.82) is 0 Å². The van der Waals surface area contributed by atoms with Gasteiger partial charge < -0.3 is 9.94 Å². The van der Waals surface area contributed by atoms with Crippen molar-refractivity contribution in [2.45, 2.75) is 18.9 Å². The van der Waals surface area contributed by atoms with Gasteiger partial charge in [0.1, 0.15) is 0 Å². The lowest BCUT2D eigenvalue weighted by Gasteiger charge is -2.30. The van der Waals surface area contributed by atoms with Crippen molar-refractivity contribution in [2.75, 3.05) is 20.1 Å². The zero-order valence-corrected chi connectivity index (χ0v) is 7.97. The summed E-state index contributed by atoms with van der Waals surface area (Å²) in [6.45, 7) is 0.00500. The third-order valence-electron chi connectivity index (χ3n) is 2.48. The first-order valence-electron chi connectivity index (χ1n) is 4.58. The largest absolute Gasteiger partial charge is 0.477 e. The van der Waals surface area contributed by atoms with E-state index in [4.69, 9.17) is 9.94 Å². The summed E-state index contributed by atoms with van der Waals surface area (Å²) in [5.74, 6) is -1.27. The van der Waals surface area contributed by atoms with Crippen LogP contribution in [0.1, 0.15) is 12.8 Å². The van der Waals surface area contributed by atoms with Gasteiger partial charge in [-0.3, -0.25) is 0 Å². The number of hydroxylamine groups is 1. The number of rotatable bonds is 3. The Hall–Kier alpha value is -1.14. The Labute approximate surface area is 81.2 Å². The van der Waals surface area contributed by atoms with Crippen LogP contribution < -0.4 is 0 Å². The quantitative estimate of drug-likeness (QED) is 0.616. The summed E-state index contributed by atoms with van der Waals surface area (Å²) in [6.07, 6.45) is 1.95. The number of nitrogens with zero attached hydrogens (tertiary/aromatic N) is 2. The van der Waals surface area contributed by atoms with Crippen LogP contribution in [-0.4, -0.2) is 53.0 Å². The predicted molar refractivity (Wildman–Crippen MR) is 44.5 cm³/mol. The van der Waals surface area contributed by atoms with E-state index in [0.29, 0.717) is 0 Å². The Kier molecular flexibility index (Phi) is 1.97. The third kappa shape index (κ3) is 1.58. The number of likely N-dealkylation sites (N-methyl/N-ethyl adjacent to an activating group) is 1. The molecule has 2 fully saturated rings. The summed E-state index contributed by atoms with van der Waals surface area (Å²) in [6, 6.07) is 0.214. The third-order valence-corrected chi connectivity index (χ3v) is 2.48. The Bertz CT molecular complexity index is 289. The monoisotopic (exact) mass is 201 g/mol. The minimum atomic E-state index is -0.920. The molecule has 1 aliphatic carbocycles. The van der Waals surface area contributed by atoms with Crippen molar-refractivity contribution in [2.24, 2.45) is 0 Å². The van der Waals surface area contributed by atoms with Gasteiger partial charge in [-0.15, -0.1) is 0 Å². The maximum Gasteiger partial charge on any atom is 0.386 e. The molecule has 2 aliphatic rings. The molecule has 1 saturated heterocycles. The van der Waals surface area contributed by atoms with Crippen LogP contribution in [0.4, 0.5) is 0 Å². The fourth-order valence-electron chi connectivity index (χ4n) is 1.76. The van der Waals surface area contributed by atoms with Crippen molar-refractivity contribution in [3.63, 3.8) is 0 Å². The summed E-state index contributed by atoms with van der Waals surface area (Å²) in [5.41, 5.74) is 0. The minimum Gasteiger partial charge on any atom is -0.477 e. The predicted octanol–water partition coefficient (Wildman–Crippen LogP) is -0.631. The number of hydrogen-bond acceptors (Lipinski definition) is 4. The number of carboxylic acid groups (broad SMARTS) is 1. The zero-order valence-electron chi connectivity index (χ0n) is 7.97. The van der Waals surface area contributed by atoms with E-state index in [2.05, 4.69) is 0 Å². The smallest absolute Gasteiger partial charge is 0.386 e. The summed E-state index contributed by atoms with van der Waals surface area (Å²) < 4.78 is 0.0405. The topological polar surface area (TPSA) is 66.8 Å². The van der Waals surface area contributed by atoms with E-state index >= 15 is 0 Å². The minimum absolute atomic E-state index is 0.0405. The van der Waals surface area contributed by atoms with Crippen molar-refractivity contribution in [3.8, 4) is 0 Å². The summed E-state index contributed by atoms with van der Waals surface area (Å²) in [5, 5.41) is 10.3. The van der Waals surface area contributed by atoms with E-state index in [-0.39, 0.29) is 29.7 Å². The van der Waals surface area contributed by atoms with E-state index in [1.165, 1.54) is 5.17 Å². The first-order chi connectivity index (χ1) is 6.51. The standard InChI is InChI=1S/C8H12N2O4/c1-10(4-7(11)12)5-8(13)14-9(10)6-2-3-6/h6H,2-5H2,1H3/p+1. The van der Waals surface area contributed by atoms with Crippen LogP contribution >= 0.6 is 0 Å². The number of quaternary nitrogens is 1. The average Bonchev–Trinajstić information content (AvgIpc) is 2.76. The van der Waals surface area contributed by atoms with Crippen molar-refractivity contribution >= 4 is 11.9 Å². The molecule has 78 valence electrons. The van der Waals surface area contributed by atoms with Crippen LogP contribution in [0, 0.1) is 0 Å². The molecule has 1 atom stereocenters. The molecule has 6 nitrogen and oxygen atoms in total. The van der Waals surface area contributed by atoms with Gasteiger partial charge in [-0.1, -0.05) is 0 Å². The Morgan fingerprint density at radius 2 is 2.36 bits per heavy atom. The normalized spacial score (nSPS) is 33.1. The molecule has 1 aliphatic heterocycles. The molecule has 1 heterocycles. The molecule has 0 radical (unpaired) electrons. The van der Waals surface area contributed by atoms with E-state index < -0.39 is 5.97 Å². The summed E-state index contributed by atoms with van der Waals surface area (Å²) in [4.78, 5) is 26.8. The average molecular weight is 201 g/mol. The Morgan fingerprint density at radius 3 is 2.86 bits per heavy atom. The lowest BCUT2D eigenvalue weighted by molar-refractivity contribution is -1.03. The number of carboxylic acids is 1. The lowest BCUT2D eigenvalue weighted by Crippen LogP contribution is -2.55. The van der Waals surface area contributed by atoms with E-state index in [9.17, 15) is 9.59 Å². The fourth-order valence-corrected chi connectivity index (χ4v) is 1.76. The zero-order chi connectivity index (χ0) is 10.3. The van der Waals surface area contributed by atoms with Gasteiger partial charge in [-0.25, -0.2) is 9.59 Å². The van der Waals surface area contributed by atoms with Crippen LogP contribution in [0.3, 0.4) is 0 Å². The van der Waals surface area contributed by atoms with Crippen LogP contribution in [0.25, 0.3) is 0 Å². The molecule has 6 heteroatoms. The summed E-state index contributed by atoms with van der Waals surface area (Å²) >= 11 is 0. The molecule has 14 heavy (non-hydrogen) atoms. The molecule has 1 saturated carbocycles. The lowest BCUT2D eigenvalue weighted by atomic mass is 10.5. The van der Waals surface area contributed by atoms with Crippen LogP contribution in [0.2, 0.25) is 0 Å². The van der Waals surface area contributed by atoms with Crippen LogP contribution in [-0.2, 0) is 14.4 Å². The molecule has 0 aromatic rings. The highest BCUT2D eigenvalue weighted by Crippen LogP contribution is 2.34. The Morgan fingerprint density at radius 1 is 1.71 bits per heavy atom. The Balaban J connectivity index is 2.13. The molecule has 0 bridgehead atoms. The molecule has 0 aromatic heterocycles. The van der Waals surface area contributed by atoms with Crippen molar-refractivity contribution in [1.82, 2.24) is 5.17 Å². The van der Waals surface area contributed by atoms with Crippen LogP contribution in [0.15, 0.2) is 0 Å². The first kappa shape index (κ1) is 9.42. The van der Waals surface area contributed by atoms with E-state index in [0.717, 1.165) is 12.8 Å². The van der Waals surface area contributed by atoms with Crippen molar-refractivity contribution < 1.29 is 24.1 Å². The SMILES string of the molecule is C[N+]1(CC(=O)O)CC(=O)ON1C1CC1. The summed E-state index contributed by atoms with van der Waals surface area (Å²) in [7, 11) is 1.71. The number of aliphatic carboxylic acids is 1. The first-order valence-corrected chi connectivity index (χ1v) is 4.58.